The van der Waals surface area contributed by atoms with E-state index in [1.54, 1.807) is 19.2 Å². The van der Waals surface area contributed by atoms with E-state index in [2.05, 4.69) is 24.8 Å². The molecule has 32 heavy (non-hydrogen) atoms. The molecule has 0 atom stereocenters. The Kier molecular flexibility index (Phi) is 4.77. The number of aryl methyl sites for hydroxylation is 1. The summed E-state index contributed by atoms with van der Waals surface area (Å²) in [4.78, 5) is 41.7. The van der Waals surface area contributed by atoms with E-state index in [1.807, 2.05) is 31.2 Å². The van der Waals surface area contributed by atoms with Crippen LogP contribution in [0.25, 0.3) is 22.3 Å². The fraction of sp³-hybridized carbons (Fsp3) is 0.250. The number of hydrogen-bond acceptors (Lipinski definition) is 6. The van der Waals surface area contributed by atoms with Gasteiger partial charge >= 0.3 is 5.97 Å². The second-order valence-electron chi connectivity index (χ2n) is 8.04. The largest absolute Gasteiger partial charge is 0.465 e. The average molecular weight is 429 g/mol. The lowest BCUT2D eigenvalue weighted by Crippen LogP contribution is -2.30. The van der Waals surface area contributed by atoms with Gasteiger partial charge in [0.1, 0.15) is 11.6 Å². The molecular formula is C24H23N5O3. The Hall–Kier alpha value is -3.94. The highest BCUT2D eigenvalue weighted by molar-refractivity contribution is 5.96. The molecule has 1 aromatic carbocycles. The number of aromatic amines is 2. The van der Waals surface area contributed by atoms with Gasteiger partial charge in [-0.3, -0.25) is 4.79 Å². The van der Waals surface area contributed by atoms with E-state index in [0.29, 0.717) is 29.2 Å². The van der Waals surface area contributed by atoms with E-state index < -0.39 is 0 Å². The number of ether oxygens (including phenoxy) is 1. The summed E-state index contributed by atoms with van der Waals surface area (Å²) in [6.45, 7) is 5.10. The van der Waals surface area contributed by atoms with Crippen molar-refractivity contribution in [2.75, 3.05) is 18.6 Å². The van der Waals surface area contributed by atoms with Crippen molar-refractivity contribution in [1.82, 2.24) is 19.9 Å². The minimum Gasteiger partial charge on any atom is -0.465 e. The van der Waals surface area contributed by atoms with Crippen molar-refractivity contribution >= 4 is 22.7 Å². The predicted octanol–water partition coefficient (Wildman–Crippen LogP) is 3.28. The summed E-state index contributed by atoms with van der Waals surface area (Å²) in [7, 11) is 1.39. The van der Waals surface area contributed by atoms with E-state index in [4.69, 9.17) is 4.74 Å². The van der Waals surface area contributed by atoms with Gasteiger partial charge in [0.25, 0.3) is 5.56 Å². The number of anilines is 1. The highest BCUT2D eigenvalue weighted by Gasteiger charge is 2.22. The van der Waals surface area contributed by atoms with Gasteiger partial charge in [-0.05, 0) is 44.2 Å². The molecule has 8 heteroatoms. The van der Waals surface area contributed by atoms with Crippen molar-refractivity contribution in [2.24, 2.45) is 0 Å². The van der Waals surface area contributed by atoms with E-state index >= 15 is 0 Å². The maximum atomic E-state index is 12.1. The van der Waals surface area contributed by atoms with Gasteiger partial charge in [-0.2, -0.15) is 0 Å². The van der Waals surface area contributed by atoms with Crippen molar-refractivity contribution in [1.29, 1.82) is 0 Å². The topological polar surface area (TPSA) is 104 Å². The quantitative estimate of drug-likeness (QED) is 0.485. The van der Waals surface area contributed by atoms with Gasteiger partial charge in [-0.1, -0.05) is 0 Å². The number of nitrogens with one attached hydrogen (secondary N) is 2. The summed E-state index contributed by atoms with van der Waals surface area (Å²) in [5.41, 5.74) is 5.87. The van der Waals surface area contributed by atoms with Crippen LogP contribution in [0, 0.1) is 13.8 Å². The number of carbonyl (C=O) groups excluding carboxylic acids is 1. The van der Waals surface area contributed by atoms with E-state index in [1.165, 1.54) is 18.4 Å². The molecule has 0 fully saturated rings. The van der Waals surface area contributed by atoms with Gasteiger partial charge in [-0.15, -0.1) is 0 Å². The number of pyridine rings is 1. The molecule has 2 N–H and O–H groups in total. The SMILES string of the molecule is COC(=O)c1ccc2[nH]c3c(c2c1)CN(c1ccc(-c2nc(C)c(C)c(=O)[nH]2)cn1)CC3. The van der Waals surface area contributed by atoms with Gasteiger partial charge in [0.15, 0.2) is 0 Å². The minimum absolute atomic E-state index is 0.134. The number of fused-ring (bicyclic) bond motifs is 3. The zero-order valence-corrected chi connectivity index (χ0v) is 18.2. The molecule has 1 aliphatic rings. The van der Waals surface area contributed by atoms with Crippen LogP contribution in [0.15, 0.2) is 41.3 Å². The van der Waals surface area contributed by atoms with Crippen LogP contribution in [0.1, 0.15) is 32.9 Å². The van der Waals surface area contributed by atoms with Gasteiger partial charge in [-0.25, -0.2) is 14.8 Å². The molecule has 8 nitrogen and oxygen atoms in total. The Morgan fingerprint density at radius 3 is 2.72 bits per heavy atom. The zero-order chi connectivity index (χ0) is 22.4. The van der Waals surface area contributed by atoms with E-state index in [0.717, 1.165) is 35.2 Å². The lowest BCUT2D eigenvalue weighted by Gasteiger charge is -2.28. The Balaban J connectivity index is 1.44. The van der Waals surface area contributed by atoms with E-state index in [-0.39, 0.29) is 11.5 Å². The van der Waals surface area contributed by atoms with Gasteiger partial charge < -0.3 is 19.6 Å². The molecule has 0 spiro atoms. The minimum atomic E-state index is -0.343. The Labute approximate surface area is 184 Å². The summed E-state index contributed by atoms with van der Waals surface area (Å²) < 4.78 is 4.87. The smallest absolute Gasteiger partial charge is 0.337 e. The number of rotatable bonds is 3. The summed E-state index contributed by atoms with van der Waals surface area (Å²) in [6.07, 6.45) is 2.59. The standard InChI is InChI=1S/C24H23N5O3/c1-13-14(2)26-22(28-23(13)30)16-5-7-21(25-11-16)29-9-8-20-18(12-29)17-10-15(24(31)32-3)4-6-19(17)27-20/h4-7,10-11,27H,8-9,12H2,1-3H3,(H,26,28,30). The lowest BCUT2D eigenvalue weighted by atomic mass is 10.0. The lowest BCUT2D eigenvalue weighted by molar-refractivity contribution is 0.0601. The normalized spacial score (nSPS) is 13.3. The Morgan fingerprint density at radius 1 is 1.16 bits per heavy atom. The van der Waals surface area contributed by atoms with Crippen molar-refractivity contribution < 1.29 is 9.53 Å². The van der Waals surface area contributed by atoms with Crippen molar-refractivity contribution in [3.8, 4) is 11.4 Å². The number of carbonyl (C=O) groups is 1. The molecule has 0 saturated carbocycles. The number of H-pyrrole nitrogens is 2. The van der Waals surface area contributed by atoms with Crippen LogP contribution >= 0.6 is 0 Å². The molecule has 4 heterocycles. The summed E-state index contributed by atoms with van der Waals surface area (Å²) in [5, 5.41) is 1.03. The number of hydrogen-bond donors (Lipinski definition) is 2. The second-order valence-corrected chi connectivity index (χ2v) is 8.04. The van der Waals surface area contributed by atoms with Gasteiger partial charge in [0.05, 0.1) is 12.7 Å². The number of esters is 1. The molecule has 0 aliphatic carbocycles. The molecule has 162 valence electrons. The molecule has 3 aromatic heterocycles. The fourth-order valence-electron chi connectivity index (χ4n) is 4.15. The number of nitrogens with zero attached hydrogens (tertiary/aromatic N) is 3. The third kappa shape index (κ3) is 3.33. The molecule has 5 rings (SSSR count). The first-order chi connectivity index (χ1) is 15.4. The number of benzene rings is 1. The maximum absolute atomic E-state index is 12.1. The van der Waals surface area contributed by atoms with E-state index in [9.17, 15) is 9.59 Å². The zero-order valence-electron chi connectivity index (χ0n) is 18.2. The summed E-state index contributed by atoms with van der Waals surface area (Å²) in [5.74, 6) is 1.03. The van der Waals surface area contributed by atoms with Crippen LogP contribution in [-0.4, -0.2) is 39.6 Å². The highest BCUT2D eigenvalue weighted by Crippen LogP contribution is 2.31. The summed E-state index contributed by atoms with van der Waals surface area (Å²) >= 11 is 0. The van der Waals surface area contributed by atoms with Gasteiger partial charge in [0.2, 0.25) is 0 Å². The van der Waals surface area contributed by atoms with Crippen molar-refractivity contribution in [3.05, 3.63) is 75.0 Å². The number of methoxy groups -OCH3 is 1. The highest BCUT2D eigenvalue weighted by atomic mass is 16.5. The van der Waals surface area contributed by atoms with Crippen LogP contribution in [0.4, 0.5) is 5.82 Å². The van der Waals surface area contributed by atoms with Crippen molar-refractivity contribution in [3.63, 3.8) is 0 Å². The predicted molar refractivity (Wildman–Crippen MR) is 122 cm³/mol. The van der Waals surface area contributed by atoms with Crippen LogP contribution in [0.3, 0.4) is 0 Å². The Bertz CT molecular complexity index is 1400. The first-order valence-electron chi connectivity index (χ1n) is 10.5. The van der Waals surface area contributed by atoms with Crippen LogP contribution in [0.5, 0.6) is 0 Å². The third-order valence-electron chi connectivity index (χ3n) is 6.14. The second kappa shape index (κ2) is 7.64. The molecule has 0 radical (unpaired) electrons. The average Bonchev–Trinajstić information content (AvgIpc) is 3.19. The monoisotopic (exact) mass is 429 g/mol. The maximum Gasteiger partial charge on any atom is 0.337 e. The first kappa shape index (κ1) is 20.0. The fourth-order valence-corrected chi connectivity index (χ4v) is 4.15. The van der Waals surface area contributed by atoms with Crippen molar-refractivity contribution in [2.45, 2.75) is 26.8 Å². The first-order valence-corrected chi connectivity index (χ1v) is 10.5. The molecule has 4 aromatic rings. The molecular weight excluding hydrogens is 406 g/mol. The van der Waals surface area contributed by atoms with Gasteiger partial charge in [0, 0.05) is 64.7 Å². The molecule has 1 aliphatic heterocycles. The van der Waals surface area contributed by atoms with Crippen LogP contribution in [-0.2, 0) is 17.7 Å². The molecule has 0 bridgehead atoms. The molecule has 0 amide bonds. The Morgan fingerprint density at radius 2 is 2.00 bits per heavy atom. The molecule has 0 unspecified atom stereocenters. The van der Waals surface area contributed by atoms with Crippen LogP contribution in [0.2, 0.25) is 0 Å². The third-order valence-corrected chi connectivity index (χ3v) is 6.14. The molecule has 0 saturated heterocycles. The van der Waals surface area contributed by atoms with Crippen LogP contribution < -0.4 is 10.5 Å². The number of aromatic nitrogens is 4. The summed E-state index contributed by atoms with van der Waals surface area (Å²) in [6, 6.07) is 9.46.